The number of hydrogen-bond donors (Lipinski definition) is 3. The minimum absolute atomic E-state index is 0.0299. The summed E-state index contributed by atoms with van der Waals surface area (Å²) >= 11 is 6.17. The van der Waals surface area contributed by atoms with E-state index in [2.05, 4.69) is 10.6 Å². The standard InChI is InChI=1S/C19H23ClN2O3/c20-16-7-3-2-6-15(16)17-9-8-14(25-17)12-21-18(24)22-19(13-23)10-4-1-5-11-19/h2-3,6-9,23H,1,4-5,10-13H2,(H2,21,22,24). The molecule has 0 aliphatic heterocycles. The largest absolute Gasteiger partial charge is 0.459 e. The van der Waals surface area contributed by atoms with Crippen molar-refractivity contribution in [2.24, 2.45) is 0 Å². The van der Waals surface area contributed by atoms with Crippen LogP contribution in [-0.2, 0) is 6.54 Å². The Hall–Kier alpha value is -1.98. The summed E-state index contributed by atoms with van der Waals surface area (Å²) in [4.78, 5) is 12.2. The van der Waals surface area contributed by atoms with Gasteiger partial charge in [0.2, 0.25) is 0 Å². The molecule has 0 atom stereocenters. The Balaban J connectivity index is 1.57. The molecule has 2 amide bonds. The van der Waals surface area contributed by atoms with E-state index in [1.807, 2.05) is 36.4 Å². The average molecular weight is 363 g/mol. The van der Waals surface area contributed by atoms with Gasteiger partial charge in [-0.2, -0.15) is 0 Å². The van der Waals surface area contributed by atoms with Crippen LogP contribution in [0.15, 0.2) is 40.8 Å². The van der Waals surface area contributed by atoms with Crippen molar-refractivity contribution in [3.05, 3.63) is 47.2 Å². The first kappa shape index (κ1) is 17.8. The quantitative estimate of drug-likeness (QED) is 0.749. The molecular weight excluding hydrogens is 340 g/mol. The number of furan rings is 1. The number of carbonyl (C=O) groups excluding carboxylic acids is 1. The molecule has 2 aromatic rings. The second kappa shape index (κ2) is 7.93. The molecule has 0 spiro atoms. The van der Waals surface area contributed by atoms with E-state index < -0.39 is 5.54 Å². The Kier molecular flexibility index (Phi) is 5.66. The lowest BCUT2D eigenvalue weighted by atomic mass is 9.82. The summed E-state index contributed by atoms with van der Waals surface area (Å²) in [6, 6.07) is 10.8. The maximum Gasteiger partial charge on any atom is 0.315 e. The van der Waals surface area contributed by atoms with E-state index >= 15 is 0 Å². The Morgan fingerprint density at radius 2 is 1.92 bits per heavy atom. The highest BCUT2D eigenvalue weighted by molar-refractivity contribution is 6.33. The van der Waals surface area contributed by atoms with Crippen LogP contribution in [-0.4, -0.2) is 23.3 Å². The molecule has 1 heterocycles. The number of nitrogens with one attached hydrogen (secondary N) is 2. The molecule has 6 heteroatoms. The molecule has 3 rings (SSSR count). The second-order valence-electron chi connectivity index (χ2n) is 6.55. The van der Waals surface area contributed by atoms with Crippen molar-refractivity contribution in [1.82, 2.24) is 10.6 Å². The summed E-state index contributed by atoms with van der Waals surface area (Å²) < 4.78 is 5.77. The first-order valence-corrected chi connectivity index (χ1v) is 9.00. The number of urea groups is 1. The van der Waals surface area contributed by atoms with Gasteiger partial charge in [-0.1, -0.05) is 43.0 Å². The lowest BCUT2D eigenvalue weighted by Crippen LogP contribution is -2.55. The zero-order valence-electron chi connectivity index (χ0n) is 14.1. The molecule has 1 aromatic heterocycles. The summed E-state index contributed by atoms with van der Waals surface area (Å²) in [6.07, 6.45) is 4.84. The topological polar surface area (TPSA) is 74.5 Å². The Labute approximate surface area is 152 Å². The van der Waals surface area contributed by atoms with Crippen molar-refractivity contribution < 1.29 is 14.3 Å². The maximum atomic E-state index is 12.2. The van der Waals surface area contributed by atoms with Gasteiger partial charge < -0.3 is 20.2 Å². The maximum absolute atomic E-state index is 12.2. The van der Waals surface area contributed by atoms with E-state index in [4.69, 9.17) is 16.0 Å². The van der Waals surface area contributed by atoms with Gasteiger partial charge in [0, 0.05) is 5.56 Å². The SMILES string of the molecule is O=C(NCc1ccc(-c2ccccc2Cl)o1)NC1(CO)CCCCC1. The van der Waals surface area contributed by atoms with Crippen molar-refractivity contribution >= 4 is 17.6 Å². The van der Waals surface area contributed by atoms with Crippen LogP contribution >= 0.6 is 11.6 Å². The van der Waals surface area contributed by atoms with Crippen molar-refractivity contribution in [2.75, 3.05) is 6.61 Å². The average Bonchev–Trinajstić information content (AvgIpc) is 3.10. The molecule has 1 aromatic carbocycles. The first-order chi connectivity index (χ1) is 12.1. The van der Waals surface area contributed by atoms with Crippen molar-refractivity contribution in [1.29, 1.82) is 0 Å². The zero-order chi connectivity index (χ0) is 17.7. The molecule has 25 heavy (non-hydrogen) atoms. The normalized spacial score (nSPS) is 16.4. The van der Waals surface area contributed by atoms with Crippen molar-refractivity contribution in [3.63, 3.8) is 0 Å². The van der Waals surface area contributed by atoms with Crippen LogP contribution in [0.1, 0.15) is 37.9 Å². The molecule has 0 saturated heterocycles. The van der Waals surface area contributed by atoms with Gasteiger partial charge >= 0.3 is 6.03 Å². The molecule has 1 saturated carbocycles. The van der Waals surface area contributed by atoms with E-state index in [1.54, 1.807) is 0 Å². The predicted molar refractivity (Wildman–Crippen MR) is 97.4 cm³/mol. The summed E-state index contributed by atoms with van der Waals surface area (Å²) in [5, 5.41) is 16.0. The molecular formula is C19H23ClN2O3. The van der Waals surface area contributed by atoms with Crippen LogP contribution in [0.25, 0.3) is 11.3 Å². The van der Waals surface area contributed by atoms with Gasteiger partial charge in [-0.3, -0.25) is 0 Å². The third kappa shape index (κ3) is 4.35. The van der Waals surface area contributed by atoms with Crippen molar-refractivity contribution in [2.45, 2.75) is 44.2 Å². The van der Waals surface area contributed by atoms with Gasteiger partial charge in [0.25, 0.3) is 0 Å². The summed E-state index contributed by atoms with van der Waals surface area (Å²) in [7, 11) is 0. The summed E-state index contributed by atoms with van der Waals surface area (Å²) in [5.74, 6) is 1.31. The fourth-order valence-electron chi connectivity index (χ4n) is 3.28. The van der Waals surface area contributed by atoms with E-state index in [0.717, 1.165) is 37.7 Å². The van der Waals surface area contributed by atoms with Crippen LogP contribution in [0.4, 0.5) is 4.79 Å². The minimum atomic E-state index is -0.492. The molecule has 0 bridgehead atoms. The molecule has 0 unspecified atom stereocenters. The molecule has 1 aliphatic carbocycles. The Bertz CT molecular complexity index is 723. The summed E-state index contributed by atoms with van der Waals surface area (Å²) in [6.45, 7) is 0.246. The fourth-order valence-corrected chi connectivity index (χ4v) is 3.51. The zero-order valence-corrected chi connectivity index (χ0v) is 14.8. The molecule has 1 fully saturated rings. The van der Waals surface area contributed by atoms with Crippen LogP contribution in [0.2, 0.25) is 5.02 Å². The highest BCUT2D eigenvalue weighted by Crippen LogP contribution is 2.29. The minimum Gasteiger partial charge on any atom is -0.459 e. The molecule has 134 valence electrons. The van der Waals surface area contributed by atoms with Crippen LogP contribution in [0.5, 0.6) is 0 Å². The molecule has 5 nitrogen and oxygen atoms in total. The van der Waals surface area contributed by atoms with Crippen LogP contribution < -0.4 is 10.6 Å². The fraction of sp³-hybridized carbons (Fsp3) is 0.421. The Morgan fingerprint density at radius 3 is 2.64 bits per heavy atom. The highest BCUT2D eigenvalue weighted by atomic mass is 35.5. The van der Waals surface area contributed by atoms with E-state index in [1.165, 1.54) is 0 Å². The second-order valence-corrected chi connectivity index (χ2v) is 6.96. The smallest absolute Gasteiger partial charge is 0.315 e. The van der Waals surface area contributed by atoms with Crippen LogP contribution in [0, 0.1) is 0 Å². The van der Waals surface area contributed by atoms with E-state index in [9.17, 15) is 9.90 Å². The van der Waals surface area contributed by atoms with Gasteiger partial charge in [0.15, 0.2) is 0 Å². The first-order valence-electron chi connectivity index (χ1n) is 8.62. The van der Waals surface area contributed by atoms with Gasteiger partial charge in [-0.05, 0) is 37.1 Å². The third-order valence-electron chi connectivity index (χ3n) is 4.72. The van der Waals surface area contributed by atoms with Gasteiger partial charge in [0.1, 0.15) is 11.5 Å². The van der Waals surface area contributed by atoms with E-state index in [-0.39, 0.29) is 19.2 Å². The van der Waals surface area contributed by atoms with Gasteiger partial charge in [0.05, 0.1) is 23.7 Å². The number of hydrogen-bond acceptors (Lipinski definition) is 3. The van der Waals surface area contributed by atoms with Crippen LogP contribution in [0.3, 0.4) is 0 Å². The summed E-state index contributed by atoms with van der Waals surface area (Å²) in [5.41, 5.74) is 0.329. The molecule has 3 N–H and O–H groups in total. The van der Waals surface area contributed by atoms with E-state index in [0.29, 0.717) is 16.5 Å². The molecule has 1 aliphatic rings. The molecule has 0 radical (unpaired) electrons. The monoisotopic (exact) mass is 362 g/mol. The Morgan fingerprint density at radius 1 is 1.16 bits per heavy atom. The van der Waals surface area contributed by atoms with Crippen molar-refractivity contribution in [3.8, 4) is 11.3 Å². The number of aliphatic hydroxyl groups is 1. The predicted octanol–water partition coefficient (Wildman–Crippen LogP) is 4.09. The van der Waals surface area contributed by atoms with Gasteiger partial charge in [-0.15, -0.1) is 0 Å². The third-order valence-corrected chi connectivity index (χ3v) is 5.05. The lowest BCUT2D eigenvalue weighted by Gasteiger charge is -2.36. The highest BCUT2D eigenvalue weighted by Gasteiger charge is 2.32. The number of rotatable bonds is 5. The number of amides is 2. The number of aliphatic hydroxyl groups excluding tert-OH is 1. The number of carbonyl (C=O) groups is 1. The number of halogens is 1. The number of benzene rings is 1. The lowest BCUT2D eigenvalue weighted by molar-refractivity contribution is 0.125. The van der Waals surface area contributed by atoms with Gasteiger partial charge in [-0.25, -0.2) is 4.79 Å².